The molecule has 102 valence electrons. The first-order valence-electron chi connectivity index (χ1n) is 7.02. The fourth-order valence-corrected chi connectivity index (χ4v) is 3.18. The molecule has 1 aliphatic carbocycles. The fraction of sp³-hybridized carbons (Fsp3) is 0.857. The van der Waals surface area contributed by atoms with Crippen LogP contribution in [-0.2, 0) is 17.8 Å². The highest BCUT2D eigenvalue weighted by Gasteiger charge is 2.23. The van der Waals surface area contributed by atoms with E-state index in [1.54, 1.807) is 0 Å². The van der Waals surface area contributed by atoms with Crippen LogP contribution in [0.3, 0.4) is 0 Å². The van der Waals surface area contributed by atoms with E-state index < -0.39 is 0 Å². The first kappa shape index (κ1) is 13.9. The van der Waals surface area contributed by atoms with Crippen molar-refractivity contribution in [3.8, 4) is 0 Å². The molecule has 2 rings (SSSR count). The minimum Gasteiger partial charge on any atom is -0.309 e. The highest BCUT2D eigenvalue weighted by molar-refractivity contribution is 6.16. The van der Waals surface area contributed by atoms with E-state index in [-0.39, 0.29) is 5.54 Å². The Labute approximate surface area is 115 Å². The van der Waals surface area contributed by atoms with E-state index >= 15 is 0 Å². The van der Waals surface area contributed by atoms with Crippen LogP contribution in [0.5, 0.6) is 0 Å². The molecule has 0 bridgehead atoms. The summed E-state index contributed by atoms with van der Waals surface area (Å²) in [5.41, 5.74) is 0.0126. The lowest BCUT2D eigenvalue weighted by Gasteiger charge is -2.25. The van der Waals surface area contributed by atoms with Gasteiger partial charge in [0.2, 0.25) is 0 Å². The predicted octanol–water partition coefficient (Wildman–Crippen LogP) is 3.89. The Morgan fingerprint density at radius 2 is 1.78 bits per heavy atom. The van der Waals surface area contributed by atoms with Crippen LogP contribution in [0, 0.1) is 5.92 Å². The number of alkyl halides is 1. The summed E-state index contributed by atoms with van der Waals surface area (Å²) >= 11 is 5.96. The van der Waals surface area contributed by atoms with Crippen LogP contribution in [0.15, 0.2) is 0 Å². The summed E-state index contributed by atoms with van der Waals surface area (Å²) in [6.45, 7) is 6.56. The van der Waals surface area contributed by atoms with Gasteiger partial charge in [-0.05, 0) is 33.1 Å². The van der Waals surface area contributed by atoms with Gasteiger partial charge in [0, 0.05) is 12.0 Å². The highest BCUT2D eigenvalue weighted by atomic mass is 35.5. The summed E-state index contributed by atoms with van der Waals surface area (Å²) in [6, 6.07) is 0. The molecule has 1 aromatic heterocycles. The maximum atomic E-state index is 5.96. The average molecular weight is 270 g/mol. The SMILES string of the molecule is CC(C)(C)n1c(CCl)nnc1CCC1CCCC1. The summed E-state index contributed by atoms with van der Waals surface area (Å²) in [5, 5.41) is 8.57. The van der Waals surface area contributed by atoms with Gasteiger partial charge in [-0.15, -0.1) is 21.8 Å². The van der Waals surface area contributed by atoms with Gasteiger partial charge in [-0.3, -0.25) is 0 Å². The first-order chi connectivity index (χ1) is 8.52. The van der Waals surface area contributed by atoms with E-state index in [0.717, 1.165) is 24.0 Å². The van der Waals surface area contributed by atoms with Crippen molar-refractivity contribution in [2.75, 3.05) is 0 Å². The van der Waals surface area contributed by atoms with Gasteiger partial charge in [0.1, 0.15) is 11.6 Å². The highest BCUT2D eigenvalue weighted by Crippen LogP contribution is 2.29. The van der Waals surface area contributed by atoms with E-state index in [9.17, 15) is 0 Å². The minimum atomic E-state index is 0.0126. The Hall–Kier alpha value is -0.570. The molecule has 0 aliphatic heterocycles. The van der Waals surface area contributed by atoms with Gasteiger partial charge < -0.3 is 4.57 Å². The molecule has 1 heterocycles. The van der Waals surface area contributed by atoms with Crippen LogP contribution in [-0.4, -0.2) is 14.8 Å². The van der Waals surface area contributed by atoms with E-state index in [1.165, 1.54) is 32.1 Å². The molecule has 1 saturated carbocycles. The molecule has 0 amide bonds. The monoisotopic (exact) mass is 269 g/mol. The fourth-order valence-electron chi connectivity index (χ4n) is 3.01. The van der Waals surface area contributed by atoms with Crippen LogP contribution in [0.1, 0.15) is 64.5 Å². The van der Waals surface area contributed by atoms with Crippen molar-refractivity contribution in [2.45, 2.75) is 70.7 Å². The Balaban J connectivity index is 2.09. The molecule has 4 heteroatoms. The number of nitrogens with zero attached hydrogens (tertiary/aromatic N) is 3. The third kappa shape index (κ3) is 3.05. The van der Waals surface area contributed by atoms with E-state index in [2.05, 4.69) is 35.5 Å². The van der Waals surface area contributed by atoms with Crippen LogP contribution < -0.4 is 0 Å². The van der Waals surface area contributed by atoms with E-state index in [4.69, 9.17) is 11.6 Å². The smallest absolute Gasteiger partial charge is 0.148 e. The maximum absolute atomic E-state index is 5.96. The van der Waals surface area contributed by atoms with Crippen molar-refractivity contribution in [1.29, 1.82) is 0 Å². The Bertz CT molecular complexity index is 386. The summed E-state index contributed by atoms with van der Waals surface area (Å²) in [7, 11) is 0. The van der Waals surface area contributed by atoms with Crippen molar-refractivity contribution in [2.24, 2.45) is 5.92 Å². The number of aryl methyl sites for hydroxylation is 1. The standard InChI is InChI=1S/C14H24ClN3/c1-14(2,3)18-12(16-17-13(18)10-15)9-8-11-6-4-5-7-11/h11H,4-10H2,1-3H3. The number of aromatic nitrogens is 3. The predicted molar refractivity (Wildman–Crippen MR) is 74.9 cm³/mol. The summed E-state index contributed by atoms with van der Waals surface area (Å²) in [5.74, 6) is 3.33. The molecule has 0 saturated heterocycles. The lowest BCUT2D eigenvalue weighted by atomic mass is 10.0. The second kappa shape index (κ2) is 5.60. The first-order valence-corrected chi connectivity index (χ1v) is 7.55. The van der Waals surface area contributed by atoms with Gasteiger partial charge in [-0.1, -0.05) is 25.7 Å². The Morgan fingerprint density at radius 3 is 2.33 bits per heavy atom. The van der Waals surface area contributed by atoms with Crippen LogP contribution in [0.4, 0.5) is 0 Å². The van der Waals surface area contributed by atoms with Gasteiger partial charge in [-0.2, -0.15) is 0 Å². The van der Waals surface area contributed by atoms with Crippen molar-refractivity contribution in [3.05, 3.63) is 11.6 Å². The van der Waals surface area contributed by atoms with Gasteiger partial charge in [-0.25, -0.2) is 0 Å². The minimum absolute atomic E-state index is 0.0126. The van der Waals surface area contributed by atoms with Crippen molar-refractivity contribution in [1.82, 2.24) is 14.8 Å². The largest absolute Gasteiger partial charge is 0.309 e. The van der Waals surface area contributed by atoms with Crippen LogP contribution in [0.2, 0.25) is 0 Å². The third-order valence-corrected chi connectivity index (χ3v) is 4.08. The van der Waals surface area contributed by atoms with Crippen molar-refractivity contribution >= 4 is 11.6 Å². The van der Waals surface area contributed by atoms with E-state index in [1.807, 2.05) is 0 Å². The van der Waals surface area contributed by atoms with Crippen LogP contribution >= 0.6 is 11.6 Å². The molecule has 0 aromatic carbocycles. The zero-order valence-electron chi connectivity index (χ0n) is 11.7. The van der Waals surface area contributed by atoms with Crippen LogP contribution in [0.25, 0.3) is 0 Å². The molecule has 18 heavy (non-hydrogen) atoms. The third-order valence-electron chi connectivity index (χ3n) is 3.84. The molecule has 3 nitrogen and oxygen atoms in total. The topological polar surface area (TPSA) is 30.7 Å². The Morgan fingerprint density at radius 1 is 1.17 bits per heavy atom. The zero-order valence-corrected chi connectivity index (χ0v) is 12.5. The van der Waals surface area contributed by atoms with Gasteiger partial charge >= 0.3 is 0 Å². The number of hydrogen-bond acceptors (Lipinski definition) is 2. The normalized spacial score (nSPS) is 17.6. The second-order valence-electron chi connectivity index (χ2n) is 6.36. The molecule has 1 aromatic rings. The molecule has 0 spiro atoms. The molecule has 0 N–H and O–H groups in total. The molecular weight excluding hydrogens is 246 g/mol. The lowest BCUT2D eigenvalue weighted by molar-refractivity contribution is 0.366. The number of hydrogen-bond donors (Lipinski definition) is 0. The number of rotatable bonds is 4. The summed E-state index contributed by atoms with van der Waals surface area (Å²) in [4.78, 5) is 0. The van der Waals surface area contributed by atoms with Gasteiger partial charge in [0.15, 0.2) is 0 Å². The quantitative estimate of drug-likeness (QED) is 0.777. The lowest BCUT2D eigenvalue weighted by Crippen LogP contribution is -2.26. The second-order valence-corrected chi connectivity index (χ2v) is 6.63. The van der Waals surface area contributed by atoms with Gasteiger partial charge in [0.05, 0.1) is 5.88 Å². The molecule has 0 unspecified atom stereocenters. The molecule has 0 radical (unpaired) electrons. The molecular formula is C14H24ClN3. The zero-order chi connectivity index (χ0) is 13.2. The van der Waals surface area contributed by atoms with Gasteiger partial charge in [0.25, 0.3) is 0 Å². The summed E-state index contributed by atoms with van der Waals surface area (Å²) in [6.07, 6.45) is 7.88. The maximum Gasteiger partial charge on any atom is 0.148 e. The molecule has 1 aliphatic rings. The molecule has 0 atom stereocenters. The number of halogens is 1. The molecule has 1 fully saturated rings. The van der Waals surface area contributed by atoms with Crippen molar-refractivity contribution in [3.63, 3.8) is 0 Å². The van der Waals surface area contributed by atoms with Crippen molar-refractivity contribution < 1.29 is 0 Å². The average Bonchev–Trinajstić information content (AvgIpc) is 2.94. The Kier molecular flexibility index (Phi) is 4.31. The summed E-state index contributed by atoms with van der Waals surface area (Å²) < 4.78 is 2.22. The van der Waals surface area contributed by atoms with E-state index in [0.29, 0.717) is 5.88 Å².